The highest BCUT2D eigenvalue weighted by Crippen LogP contribution is 2.31. The van der Waals surface area contributed by atoms with Crippen LogP contribution >= 0.6 is 0 Å². The lowest BCUT2D eigenvalue weighted by molar-refractivity contribution is -0.139. The first-order valence-electron chi connectivity index (χ1n) is 6.85. The number of hydrogen-bond acceptors (Lipinski definition) is 3. The van der Waals surface area contributed by atoms with E-state index < -0.39 is 11.5 Å². The molecule has 1 fully saturated rings. The highest BCUT2D eigenvalue weighted by Gasteiger charge is 2.36. The van der Waals surface area contributed by atoms with Crippen molar-refractivity contribution in [2.75, 3.05) is 20.2 Å². The van der Waals surface area contributed by atoms with E-state index in [1.165, 1.54) is 4.90 Å². The third kappa shape index (κ3) is 5.06. The summed E-state index contributed by atoms with van der Waals surface area (Å²) in [6.45, 7) is 0.503. The Balaban J connectivity index is 2.61. The molecule has 0 radical (unpaired) electrons. The van der Waals surface area contributed by atoms with Gasteiger partial charge in [0.15, 0.2) is 0 Å². The standard InChI is InChI=1S/C13H24N2O4/c1-15(8-5-9-16)12(19)14-13(10-11(17)18)6-3-2-4-7-13/h16H,2-10H2,1H3,(H,14,19)(H,17,18). The number of aliphatic carboxylic acids is 1. The van der Waals surface area contributed by atoms with Crippen molar-refractivity contribution in [2.24, 2.45) is 0 Å². The van der Waals surface area contributed by atoms with Crippen molar-refractivity contribution < 1.29 is 19.8 Å². The van der Waals surface area contributed by atoms with Crippen molar-refractivity contribution in [1.29, 1.82) is 0 Å². The zero-order valence-electron chi connectivity index (χ0n) is 11.5. The van der Waals surface area contributed by atoms with E-state index >= 15 is 0 Å². The Kier molecular flexibility index (Phi) is 6.08. The molecule has 0 aromatic rings. The molecule has 0 heterocycles. The number of carbonyl (C=O) groups is 2. The number of hydrogen-bond donors (Lipinski definition) is 3. The summed E-state index contributed by atoms with van der Waals surface area (Å²) >= 11 is 0. The summed E-state index contributed by atoms with van der Waals surface area (Å²) in [4.78, 5) is 24.5. The van der Waals surface area contributed by atoms with E-state index in [0.29, 0.717) is 13.0 Å². The summed E-state index contributed by atoms with van der Waals surface area (Å²) < 4.78 is 0. The monoisotopic (exact) mass is 272 g/mol. The lowest BCUT2D eigenvalue weighted by Crippen LogP contribution is -2.54. The molecule has 0 unspecified atom stereocenters. The van der Waals surface area contributed by atoms with Gasteiger partial charge < -0.3 is 20.4 Å². The van der Waals surface area contributed by atoms with Gasteiger partial charge in [-0.3, -0.25) is 4.79 Å². The van der Waals surface area contributed by atoms with Gasteiger partial charge in [-0.1, -0.05) is 19.3 Å². The molecule has 1 saturated carbocycles. The molecule has 1 rings (SSSR count). The van der Waals surface area contributed by atoms with Crippen LogP contribution in [-0.4, -0.2) is 52.9 Å². The summed E-state index contributed by atoms with van der Waals surface area (Å²) in [6, 6.07) is -0.253. The maximum Gasteiger partial charge on any atom is 0.317 e. The minimum Gasteiger partial charge on any atom is -0.481 e. The molecule has 0 aromatic carbocycles. The number of nitrogens with one attached hydrogen (secondary N) is 1. The van der Waals surface area contributed by atoms with E-state index in [9.17, 15) is 9.59 Å². The van der Waals surface area contributed by atoms with Crippen molar-refractivity contribution >= 4 is 12.0 Å². The molecule has 0 atom stereocenters. The zero-order chi connectivity index (χ0) is 14.3. The number of carbonyl (C=O) groups excluding carboxylic acids is 1. The van der Waals surface area contributed by atoms with Crippen molar-refractivity contribution in [2.45, 2.75) is 50.5 Å². The zero-order valence-corrected chi connectivity index (χ0v) is 11.5. The van der Waals surface area contributed by atoms with E-state index in [4.69, 9.17) is 10.2 Å². The van der Waals surface area contributed by atoms with Crippen LogP contribution in [0.3, 0.4) is 0 Å². The predicted molar refractivity (Wildman–Crippen MR) is 70.9 cm³/mol. The number of aliphatic hydroxyl groups excluding tert-OH is 1. The Morgan fingerprint density at radius 3 is 2.42 bits per heavy atom. The second kappa shape index (κ2) is 7.33. The number of urea groups is 1. The maximum absolute atomic E-state index is 12.0. The third-order valence-electron chi connectivity index (χ3n) is 3.67. The Morgan fingerprint density at radius 2 is 1.89 bits per heavy atom. The SMILES string of the molecule is CN(CCCO)C(=O)NC1(CC(=O)O)CCCCC1. The van der Waals surface area contributed by atoms with Crippen molar-refractivity contribution in [3.8, 4) is 0 Å². The fraction of sp³-hybridized carbons (Fsp3) is 0.846. The molecular weight excluding hydrogens is 248 g/mol. The smallest absolute Gasteiger partial charge is 0.317 e. The average molecular weight is 272 g/mol. The van der Waals surface area contributed by atoms with Gasteiger partial charge in [0.05, 0.1) is 12.0 Å². The predicted octanol–water partition coefficient (Wildman–Crippen LogP) is 1.19. The van der Waals surface area contributed by atoms with Gasteiger partial charge in [0.25, 0.3) is 0 Å². The summed E-state index contributed by atoms with van der Waals surface area (Å²) in [5.74, 6) is -0.875. The first kappa shape index (κ1) is 15.8. The number of rotatable bonds is 6. The molecule has 0 saturated heterocycles. The van der Waals surface area contributed by atoms with Crippen LogP contribution in [0.5, 0.6) is 0 Å². The van der Waals surface area contributed by atoms with Crippen molar-refractivity contribution in [1.82, 2.24) is 10.2 Å². The van der Waals surface area contributed by atoms with Gasteiger partial charge in [0.2, 0.25) is 0 Å². The van der Waals surface area contributed by atoms with Crippen molar-refractivity contribution in [3.63, 3.8) is 0 Å². The first-order valence-corrected chi connectivity index (χ1v) is 6.85. The van der Waals surface area contributed by atoms with Crippen LogP contribution in [-0.2, 0) is 4.79 Å². The molecular formula is C13H24N2O4. The largest absolute Gasteiger partial charge is 0.481 e. The molecule has 6 heteroatoms. The molecule has 0 aromatic heterocycles. The lowest BCUT2D eigenvalue weighted by Gasteiger charge is -2.38. The van der Waals surface area contributed by atoms with E-state index in [1.54, 1.807) is 7.05 Å². The van der Waals surface area contributed by atoms with Gasteiger partial charge in [0.1, 0.15) is 0 Å². The number of carboxylic acid groups (broad SMARTS) is 1. The molecule has 2 amide bonds. The molecule has 6 nitrogen and oxygen atoms in total. The average Bonchev–Trinajstić information content (AvgIpc) is 2.35. The second-order valence-electron chi connectivity index (χ2n) is 5.34. The Labute approximate surface area is 113 Å². The van der Waals surface area contributed by atoms with E-state index in [2.05, 4.69) is 5.32 Å². The molecule has 0 spiro atoms. The number of nitrogens with zero attached hydrogens (tertiary/aromatic N) is 1. The van der Waals surface area contributed by atoms with E-state index in [1.807, 2.05) is 0 Å². The van der Waals surface area contributed by atoms with Gasteiger partial charge in [-0.05, 0) is 19.3 Å². The molecule has 1 aliphatic carbocycles. The summed E-state index contributed by atoms with van der Waals surface area (Å²) in [7, 11) is 1.66. The van der Waals surface area contributed by atoms with Gasteiger partial charge in [-0.2, -0.15) is 0 Å². The third-order valence-corrected chi connectivity index (χ3v) is 3.67. The summed E-state index contributed by atoms with van der Waals surface area (Å²) in [5.41, 5.74) is -0.603. The molecule has 110 valence electrons. The van der Waals surface area contributed by atoms with E-state index in [-0.39, 0.29) is 19.1 Å². The minimum atomic E-state index is -0.875. The normalized spacial score (nSPS) is 17.8. The molecule has 0 bridgehead atoms. The Hall–Kier alpha value is -1.30. The number of carboxylic acids is 1. The summed E-state index contributed by atoms with van der Waals surface area (Å²) in [6.07, 6.45) is 4.94. The fourth-order valence-corrected chi connectivity index (χ4v) is 2.60. The molecule has 3 N–H and O–H groups in total. The number of amides is 2. The van der Waals surface area contributed by atoms with Crippen LogP contribution < -0.4 is 5.32 Å². The van der Waals surface area contributed by atoms with Gasteiger partial charge >= 0.3 is 12.0 Å². The lowest BCUT2D eigenvalue weighted by atomic mass is 9.79. The minimum absolute atomic E-state index is 0.0212. The van der Waals surface area contributed by atoms with Crippen LogP contribution in [0.25, 0.3) is 0 Å². The van der Waals surface area contributed by atoms with Crippen LogP contribution in [0.4, 0.5) is 4.79 Å². The highest BCUT2D eigenvalue weighted by atomic mass is 16.4. The maximum atomic E-state index is 12.0. The quantitative estimate of drug-likeness (QED) is 0.677. The fourth-order valence-electron chi connectivity index (χ4n) is 2.60. The first-order chi connectivity index (χ1) is 8.99. The van der Waals surface area contributed by atoms with Crippen LogP contribution in [0.15, 0.2) is 0 Å². The second-order valence-corrected chi connectivity index (χ2v) is 5.34. The van der Waals surface area contributed by atoms with Crippen molar-refractivity contribution in [3.05, 3.63) is 0 Å². The Morgan fingerprint density at radius 1 is 1.26 bits per heavy atom. The molecule has 1 aliphatic rings. The number of aliphatic hydroxyl groups is 1. The van der Waals surface area contributed by atoms with Crippen LogP contribution in [0, 0.1) is 0 Å². The van der Waals surface area contributed by atoms with E-state index in [0.717, 1.165) is 32.1 Å². The Bertz CT molecular complexity index is 314. The molecule has 0 aliphatic heterocycles. The van der Waals surface area contributed by atoms with Crippen LogP contribution in [0.1, 0.15) is 44.9 Å². The van der Waals surface area contributed by atoms with Gasteiger partial charge in [0, 0.05) is 20.2 Å². The summed E-state index contributed by atoms with van der Waals surface area (Å²) in [5, 5.41) is 20.7. The molecule has 19 heavy (non-hydrogen) atoms. The van der Waals surface area contributed by atoms with Crippen LogP contribution in [0.2, 0.25) is 0 Å². The van der Waals surface area contributed by atoms with Gasteiger partial charge in [-0.25, -0.2) is 4.79 Å². The topological polar surface area (TPSA) is 89.9 Å². The van der Waals surface area contributed by atoms with Gasteiger partial charge in [-0.15, -0.1) is 0 Å². The highest BCUT2D eigenvalue weighted by molar-refractivity contribution is 5.76.